The van der Waals surface area contributed by atoms with Crippen LogP contribution in [0.4, 0.5) is 0 Å². The van der Waals surface area contributed by atoms with E-state index >= 15 is 0 Å². The Hall–Kier alpha value is -2.83. The molecule has 0 aliphatic heterocycles. The van der Waals surface area contributed by atoms with E-state index in [-0.39, 0.29) is 23.6 Å². The van der Waals surface area contributed by atoms with Gasteiger partial charge in [0.05, 0.1) is 35.9 Å². The number of amides is 1. The van der Waals surface area contributed by atoms with Crippen molar-refractivity contribution in [3.05, 3.63) is 45.1 Å². The van der Waals surface area contributed by atoms with E-state index in [2.05, 4.69) is 6.07 Å². The molecule has 2 aromatic heterocycles. The van der Waals surface area contributed by atoms with Crippen LogP contribution < -0.4 is 10.3 Å². The van der Waals surface area contributed by atoms with E-state index in [0.717, 1.165) is 41.8 Å². The van der Waals surface area contributed by atoms with Gasteiger partial charge in [-0.15, -0.1) is 11.3 Å². The van der Waals surface area contributed by atoms with E-state index in [1.165, 1.54) is 21.5 Å². The van der Waals surface area contributed by atoms with Gasteiger partial charge in [-0.2, -0.15) is 5.26 Å². The first kappa shape index (κ1) is 23.3. The average molecular weight is 483 g/mol. The molecule has 33 heavy (non-hydrogen) atoms. The minimum absolute atomic E-state index is 0.0867. The quantitative estimate of drug-likeness (QED) is 0.353. The summed E-state index contributed by atoms with van der Waals surface area (Å²) < 4.78 is 7.17. The van der Waals surface area contributed by atoms with Crippen LogP contribution in [0.25, 0.3) is 15.9 Å². The van der Waals surface area contributed by atoms with E-state index in [9.17, 15) is 9.59 Å². The number of aryl methyl sites for hydroxylation is 2. The lowest BCUT2D eigenvalue weighted by Gasteiger charge is -2.17. The fraction of sp³-hybridized carbons (Fsp3) is 0.417. The Balaban J connectivity index is 1.75. The number of benzene rings is 1. The van der Waals surface area contributed by atoms with Crippen LogP contribution >= 0.6 is 23.1 Å². The molecule has 1 amide bonds. The second kappa shape index (κ2) is 10.4. The standard InChI is InChI=1S/C24H26N4O3S2/c1-3-31-17-11-9-16(10-12-17)28-23(30)21-18-7-4-5-8-19(18)33-22(21)26-24(28)32-15-20(29)27(2)14-6-13-25/h9-12H,3-8,14-15H2,1-2H3. The van der Waals surface area contributed by atoms with Gasteiger partial charge in [-0.05, 0) is 62.4 Å². The summed E-state index contributed by atoms with van der Waals surface area (Å²) in [4.78, 5) is 34.7. The lowest BCUT2D eigenvalue weighted by molar-refractivity contribution is -0.127. The molecule has 0 fully saturated rings. The zero-order chi connectivity index (χ0) is 23.4. The zero-order valence-corrected chi connectivity index (χ0v) is 20.4. The Morgan fingerprint density at radius 1 is 1.30 bits per heavy atom. The molecule has 7 nitrogen and oxygen atoms in total. The third-order valence-corrected chi connectivity index (χ3v) is 7.78. The third-order valence-electron chi connectivity index (χ3n) is 5.67. The van der Waals surface area contributed by atoms with Crippen LogP contribution in [0.15, 0.2) is 34.2 Å². The number of thioether (sulfide) groups is 1. The van der Waals surface area contributed by atoms with Crippen LogP contribution in [0.2, 0.25) is 0 Å². The number of carbonyl (C=O) groups excluding carboxylic acids is 1. The minimum atomic E-state index is -0.103. The molecule has 172 valence electrons. The molecule has 0 saturated heterocycles. The number of carbonyl (C=O) groups is 1. The van der Waals surface area contributed by atoms with Crippen molar-refractivity contribution < 1.29 is 9.53 Å². The van der Waals surface area contributed by atoms with Gasteiger partial charge < -0.3 is 9.64 Å². The Bertz CT molecular complexity index is 1260. The maximum absolute atomic E-state index is 13.8. The Labute approximate surface area is 201 Å². The molecule has 0 bridgehead atoms. The highest BCUT2D eigenvalue weighted by Gasteiger charge is 2.23. The molecule has 0 N–H and O–H groups in total. The lowest BCUT2D eigenvalue weighted by atomic mass is 9.97. The SMILES string of the molecule is CCOc1ccc(-n2c(SCC(=O)N(C)CCC#N)nc3sc4c(c3c2=O)CCCC4)cc1. The van der Waals surface area contributed by atoms with Crippen LogP contribution in [0.3, 0.4) is 0 Å². The van der Waals surface area contributed by atoms with Crippen molar-refractivity contribution in [3.63, 3.8) is 0 Å². The molecule has 9 heteroatoms. The molecule has 0 atom stereocenters. The molecule has 1 aliphatic rings. The fourth-order valence-electron chi connectivity index (χ4n) is 3.95. The number of rotatable bonds is 8. The second-order valence-electron chi connectivity index (χ2n) is 7.86. The molecule has 2 heterocycles. The molecule has 3 aromatic rings. The second-order valence-corrected chi connectivity index (χ2v) is 9.89. The van der Waals surface area contributed by atoms with Gasteiger partial charge >= 0.3 is 0 Å². The predicted molar refractivity (Wildman–Crippen MR) is 132 cm³/mol. The van der Waals surface area contributed by atoms with E-state index < -0.39 is 0 Å². The molecule has 0 unspecified atom stereocenters. The number of aromatic nitrogens is 2. The number of thiophene rings is 1. The van der Waals surface area contributed by atoms with Crippen LogP contribution in [-0.4, -0.2) is 46.3 Å². The van der Waals surface area contributed by atoms with Gasteiger partial charge in [-0.25, -0.2) is 4.98 Å². The maximum atomic E-state index is 13.8. The van der Waals surface area contributed by atoms with Crippen molar-refractivity contribution in [2.45, 2.75) is 44.2 Å². The van der Waals surface area contributed by atoms with Gasteiger partial charge in [0, 0.05) is 18.5 Å². The summed E-state index contributed by atoms with van der Waals surface area (Å²) in [6.07, 6.45) is 4.40. The molecule has 0 spiro atoms. The van der Waals surface area contributed by atoms with Crippen LogP contribution in [0, 0.1) is 11.3 Å². The van der Waals surface area contributed by atoms with Crippen LogP contribution in [0.5, 0.6) is 5.75 Å². The highest BCUT2D eigenvalue weighted by molar-refractivity contribution is 7.99. The lowest BCUT2D eigenvalue weighted by Crippen LogP contribution is -2.29. The number of nitrogens with zero attached hydrogens (tertiary/aromatic N) is 4. The highest BCUT2D eigenvalue weighted by atomic mass is 32.2. The molecule has 1 aromatic carbocycles. The van der Waals surface area contributed by atoms with Gasteiger partial charge in [0.25, 0.3) is 5.56 Å². The monoisotopic (exact) mass is 482 g/mol. The summed E-state index contributed by atoms with van der Waals surface area (Å²) in [7, 11) is 1.68. The predicted octanol–water partition coefficient (Wildman–Crippen LogP) is 4.19. The fourth-order valence-corrected chi connectivity index (χ4v) is 6.20. The summed E-state index contributed by atoms with van der Waals surface area (Å²) in [5.41, 5.74) is 1.75. The summed E-state index contributed by atoms with van der Waals surface area (Å²) in [6.45, 7) is 2.87. The third kappa shape index (κ3) is 4.92. The Morgan fingerprint density at radius 3 is 2.79 bits per heavy atom. The summed E-state index contributed by atoms with van der Waals surface area (Å²) in [6, 6.07) is 9.44. The molecule has 4 rings (SSSR count). The molecule has 1 aliphatic carbocycles. The number of fused-ring (bicyclic) bond motifs is 3. The van der Waals surface area contributed by atoms with E-state index in [4.69, 9.17) is 15.0 Å². The summed E-state index contributed by atoms with van der Waals surface area (Å²) in [5, 5.41) is 9.98. The van der Waals surface area contributed by atoms with E-state index in [1.807, 2.05) is 31.2 Å². The topological polar surface area (TPSA) is 88.2 Å². The normalized spacial score (nSPS) is 12.9. The van der Waals surface area contributed by atoms with E-state index in [1.54, 1.807) is 23.0 Å². The smallest absolute Gasteiger partial charge is 0.267 e. The van der Waals surface area contributed by atoms with Crippen molar-refractivity contribution in [2.24, 2.45) is 0 Å². The Morgan fingerprint density at radius 2 is 2.06 bits per heavy atom. The molecule has 0 radical (unpaired) electrons. The van der Waals surface area contributed by atoms with E-state index in [0.29, 0.717) is 29.4 Å². The molecular formula is C24H26N4O3S2. The van der Waals surface area contributed by atoms with Crippen molar-refractivity contribution in [2.75, 3.05) is 26.0 Å². The van der Waals surface area contributed by atoms with Crippen molar-refractivity contribution in [1.29, 1.82) is 5.26 Å². The first-order valence-electron chi connectivity index (χ1n) is 11.1. The minimum Gasteiger partial charge on any atom is -0.494 e. The van der Waals surface area contributed by atoms with Crippen molar-refractivity contribution >= 4 is 39.2 Å². The van der Waals surface area contributed by atoms with Crippen LogP contribution in [0.1, 0.15) is 36.6 Å². The number of hydrogen-bond acceptors (Lipinski definition) is 7. The van der Waals surface area contributed by atoms with Gasteiger partial charge in [-0.3, -0.25) is 14.2 Å². The number of nitriles is 1. The summed E-state index contributed by atoms with van der Waals surface area (Å²) >= 11 is 2.86. The first-order chi connectivity index (χ1) is 16.0. The molecule has 0 saturated carbocycles. The number of ether oxygens (including phenoxy) is 1. The first-order valence-corrected chi connectivity index (χ1v) is 12.9. The Kier molecular flexibility index (Phi) is 7.36. The van der Waals surface area contributed by atoms with Gasteiger partial charge in [0.1, 0.15) is 10.6 Å². The maximum Gasteiger partial charge on any atom is 0.267 e. The highest BCUT2D eigenvalue weighted by Crippen LogP contribution is 2.35. The average Bonchev–Trinajstić information content (AvgIpc) is 3.20. The van der Waals surface area contributed by atoms with Crippen molar-refractivity contribution in [1.82, 2.24) is 14.5 Å². The van der Waals surface area contributed by atoms with Gasteiger partial charge in [0.15, 0.2) is 5.16 Å². The zero-order valence-electron chi connectivity index (χ0n) is 18.8. The van der Waals surface area contributed by atoms with Crippen molar-refractivity contribution in [3.8, 4) is 17.5 Å². The van der Waals surface area contributed by atoms with Gasteiger partial charge in [-0.1, -0.05) is 11.8 Å². The largest absolute Gasteiger partial charge is 0.494 e. The number of hydrogen-bond donors (Lipinski definition) is 0. The summed E-state index contributed by atoms with van der Waals surface area (Å²) in [5.74, 6) is 0.773. The van der Waals surface area contributed by atoms with Crippen LogP contribution in [-0.2, 0) is 17.6 Å². The van der Waals surface area contributed by atoms with Gasteiger partial charge in [0.2, 0.25) is 5.91 Å². The molecular weight excluding hydrogens is 456 g/mol.